The zero-order chi connectivity index (χ0) is 21.0. The number of hydrogen-bond acceptors (Lipinski definition) is 6. The number of carbonyl (C=O) groups excluding carboxylic acids is 2. The molecule has 2 saturated heterocycles. The first-order chi connectivity index (χ1) is 14.3. The van der Waals surface area contributed by atoms with E-state index in [1.54, 1.807) is 9.80 Å². The van der Waals surface area contributed by atoms with Crippen LogP contribution in [0.1, 0.15) is 39.2 Å². The van der Waals surface area contributed by atoms with E-state index in [9.17, 15) is 9.59 Å². The molecule has 8 nitrogen and oxygen atoms in total. The molecule has 5 rings (SSSR count). The summed E-state index contributed by atoms with van der Waals surface area (Å²) in [6.45, 7) is 7.30. The Balaban J connectivity index is 1.46. The van der Waals surface area contributed by atoms with Gasteiger partial charge in [-0.2, -0.15) is 0 Å². The predicted molar refractivity (Wildman–Crippen MR) is 114 cm³/mol. The average molecular weight is 431 g/mol. The van der Waals surface area contributed by atoms with Gasteiger partial charge >= 0.3 is 12.1 Å². The van der Waals surface area contributed by atoms with Gasteiger partial charge < -0.3 is 19.7 Å². The van der Waals surface area contributed by atoms with Crippen LogP contribution in [-0.4, -0.2) is 59.4 Å². The van der Waals surface area contributed by atoms with E-state index in [-0.39, 0.29) is 24.2 Å². The lowest BCUT2D eigenvalue weighted by molar-refractivity contribution is 0.0250. The summed E-state index contributed by atoms with van der Waals surface area (Å²) in [5.41, 5.74) is 1.48. The van der Waals surface area contributed by atoms with E-state index in [1.165, 1.54) is 11.3 Å². The largest absolute Gasteiger partial charge is 0.493 e. The molecule has 3 amide bonds. The SMILES string of the molecule is CC(C)(C)OC(=O)N1CCC[C@@H]2NC(=O)N(c3nc4c5c(ccc4s3)OCC5)[C@@H]2C1. The Kier molecular flexibility index (Phi) is 4.53. The van der Waals surface area contributed by atoms with Crippen molar-refractivity contribution in [3.8, 4) is 5.75 Å². The van der Waals surface area contributed by atoms with Crippen LogP contribution in [0.2, 0.25) is 0 Å². The number of fused-ring (bicyclic) bond motifs is 4. The van der Waals surface area contributed by atoms with Gasteiger partial charge in [0, 0.05) is 25.1 Å². The fourth-order valence-electron chi connectivity index (χ4n) is 4.43. The first-order valence-corrected chi connectivity index (χ1v) is 11.2. The van der Waals surface area contributed by atoms with Crippen LogP contribution in [0.25, 0.3) is 10.2 Å². The number of urea groups is 1. The number of nitrogens with one attached hydrogen (secondary N) is 1. The van der Waals surface area contributed by atoms with Crippen molar-refractivity contribution in [1.82, 2.24) is 15.2 Å². The van der Waals surface area contributed by atoms with Crippen LogP contribution in [-0.2, 0) is 11.2 Å². The first kappa shape index (κ1) is 19.4. The zero-order valence-corrected chi connectivity index (χ0v) is 18.3. The third-order valence-electron chi connectivity index (χ3n) is 5.75. The molecule has 0 spiro atoms. The fourth-order valence-corrected chi connectivity index (χ4v) is 5.48. The second-order valence-electron chi connectivity index (χ2n) is 9.05. The standard InChI is InChI=1S/C21H26N4O4S/c1-21(2,3)29-20(27)24-9-4-5-13-14(11-24)25(18(26)22-13)19-23-17-12-8-10-28-15(12)6-7-16(17)30-19/h6-7,13-14H,4-5,8-11H2,1-3H3,(H,22,26)/t13-,14+/m0/s1. The molecule has 160 valence electrons. The Morgan fingerprint density at radius 1 is 1.37 bits per heavy atom. The van der Waals surface area contributed by atoms with Gasteiger partial charge in [-0.3, -0.25) is 4.90 Å². The van der Waals surface area contributed by atoms with E-state index in [0.29, 0.717) is 24.8 Å². The molecule has 0 aliphatic carbocycles. The quantitative estimate of drug-likeness (QED) is 0.748. The second kappa shape index (κ2) is 7.01. The van der Waals surface area contributed by atoms with Gasteiger partial charge in [-0.1, -0.05) is 11.3 Å². The van der Waals surface area contributed by atoms with Crippen molar-refractivity contribution in [2.75, 3.05) is 24.6 Å². The summed E-state index contributed by atoms with van der Waals surface area (Å²) in [5.74, 6) is 0.883. The summed E-state index contributed by atoms with van der Waals surface area (Å²) in [6.07, 6.45) is 2.14. The molecule has 0 bridgehead atoms. The number of aromatic nitrogens is 1. The van der Waals surface area contributed by atoms with Gasteiger partial charge in [-0.05, 0) is 45.7 Å². The highest BCUT2D eigenvalue weighted by Gasteiger charge is 2.44. The summed E-state index contributed by atoms with van der Waals surface area (Å²) in [4.78, 5) is 33.9. The van der Waals surface area contributed by atoms with Crippen molar-refractivity contribution >= 4 is 38.8 Å². The van der Waals surface area contributed by atoms with Crippen LogP contribution in [0.5, 0.6) is 5.75 Å². The number of carbonyl (C=O) groups is 2. The Labute approximate surface area is 179 Å². The number of hydrogen-bond donors (Lipinski definition) is 1. The molecular formula is C21H26N4O4S. The molecule has 2 aromatic rings. The normalized spacial score (nSPS) is 23.6. The minimum absolute atomic E-state index is 0.00834. The van der Waals surface area contributed by atoms with Crippen molar-refractivity contribution in [2.45, 2.75) is 57.7 Å². The number of nitrogens with zero attached hydrogens (tertiary/aromatic N) is 3. The van der Waals surface area contributed by atoms with E-state index in [2.05, 4.69) is 5.32 Å². The number of ether oxygens (including phenoxy) is 2. The summed E-state index contributed by atoms with van der Waals surface area (Å²) >= 11 is 1.51. The fraction of sp³-hybridized carbons (Fsp3) is 0.571. The molecule has 1 aromatic heterocycles. The van der Waals surface area contributed by atoms with Crippen molar-refractivity contribution in [3.63, 3.8) is 0 Å². The molecule has 30 heavy (non-hydrogen) atoms. The van der Waals surface area contributed by atoms with Gasteiger partial charge in [0.05, 0.1) is 28.9 Å². The molecule has 0 saturated carbocycles. The zero-order valence-electron chi connectivity index (χ0n) is 17.4. The van der Waals surface area contributed by atoms with E-state index in [1.807, 2.05) is 32.9 Å². The molecule has 0 radical (unpaired) electrons. The van der Waals surface area contributed by atoms with Crippen molar-refractivity contribution in [2.24, 2.45) is 0 Å². The van der Waals surface area contributed by atoms with Gasteiger partial charge in [0.2, 0.25) is 0 Å². The molecular weight excluding hydrogens is 404 g/mol. The lowest BCUT2D eigenvalue weighted by Crippen LogP contribution is -2.47. The summed E-state index contributed by atoms with van der Waals surface area (Å²) in [6, 6.07) is 3.66. The Hall–Kier alpha value is -2.55. The van der Waals surface area contributed by atoms with Crippen LogP contribution >= 0.6 is 11.3 Å². The number of benzene rings is 1. The van der Waals surface area contributed by atoms with Crippen LogP contribution < -0.4 is 15.0 Å². The van der Waals surface area contributed by atoms with E-state index < -0.39 is 5.60 Å². The van der Waals surface area contributed by atoms with E-state index in [4.69, 9.17) is 14.5 Å². The average Bonchev–Trinajstić information content (AvgIpc) is 3.32. The molecule has 1 aromatic carbocycles. The maximum Gasteiger partial charge on any atom is 0.410 e. The summed E-state index contributed by atoms with van der Waals surface area (Å²) in [5, 5.41) is 3.77. The smallest absolute Gasteiger partial charge is 0.410 e. The highest BCUT2D eigenvalue weighted by atomic mass is 32.1. The minimum Gasteiger partial charge on any atom is -0.493 e. The third kappa shape index (κ3) is 3.34. The molecule has 9 heteroatoms. The van der Waals surface area contributed by atoms with Gasteiger partial charge in [0.25, 0.3) is 0 Å². The minimum atomic E-state index is -0.554. The van der Waals surface area contributed by atoms with Crippen LogP contribution in [0.3, 0.4) is 0 Å². The number of likely N-dealkylation sites (tertiary alicyclic amines) is 1. The molecule has 2 fully saturated rings. The topological polar surface area (TPSA) is 84.0 Å². The highest BCUT2D eigenvalue weighted by molar-refractivity contribution is 7.22. The summed E-state index contributed by atoms with van der Waals surface area (Å²) in [7, 11) is 0. The number of anilines is 1. The molecule has 4 heterocycles. The number of amides is 3. The van der Waals surface area contributed by atoms with Crippen LogP contribution in [0.4, 0.5) is 14.7 Å². The van der Waals surface area contributed by atoms with Crippen LogP contribution in [0, 0.1) is 0 Å². The molecule has 0 unspecified atom stereocenters. The Morgan fingerprint density at radius 3 is 3.00 bits per heavy atom. The van der Waals surface area contributed by atoms with Crippen LogP contribution in [0.15, 0.2) is 12.1 Å². The van der Waals surface area contributed by atoms with Gasteiger partial charge in [-0.25, -0.2) is 14.6 Å². The maximum atomic E-state index is 12.9. The Bertz CT molecular complexity index is 1010. The van der Waals surface area contributed by atoms with E-state index in [0.717, 1.165) is 40.8 Å². The Morgan fingerprint density at radius 2 is 2.20 bits per heavy atom. The molecule has 1 N–H and O–H groups in total. The number of rotatable bonds is 1. The van der Waals surface area contributed by atoms with E-state index >= 15 is 0 Å². The summed E-state index contributed by atoms with van der Waals surface area (Å²) < 4.78 is 12.3. The third-order valence-corrected chi connectivity index (χ3v) is 6.77. The lowest BCUT2D eigenvalue weighted by atomic mass is 10.1. The predicted octanol–water partition coefficient (Wildman–Crippen LogP) is 3.53. The molecule has 2 atom stereocenters. The second-order valence-corrected chi connectivity index (χ2v) is 10.1. The highest BCUT2D eigenvalue weighted by Crippen LogP contribution is 2.39. The van der Waals surface area contributed by atoms with Gasteiger partial charge in [-0.15, -0.1) is 0 Å². The van der Waals surface area contributed by atoms with Gasteiger partial charge in [0.15, 0.2) is 5.13 Å². The first-order valence-electron chi connectivity index (χ1n) is 10.4. The molecule has 3 aliphatic heterocycles. The number of thiazole rings is 1. The van der Waals surface area contributed by atoms with Crippen molar-refractivity contribution in [1.29, 1.82) is 0 Å². The van der Waals surface area contributed by atoms with Gasteiger partial charge in [0.1, 0.15) is 11.4 Å². The maximum absolute atomic E-state index is 12.9. The lowest BCUT2D eigenvalue weighted by Gasteiger charge is -2.30. The molecule has 3 aliphatic rings. The van der Waals surface area contributed by atoms with Crippen molar-refractivity contribution in [3.05, 3.63) is 17.7 Å². The monoisotopic (exact) mass is 430 g/mol. The van der Waals surface area contributed by atoms with Crippen molar-refractivity contribution < 1.29 is 19.1 Å².